The number of rotatable bonds is 2. The van der Waals surface area contributed by atoms with Crippen molar-refractivity contribution in [2.24, 2.45) is 0 Å². The van der Waals surface area contributed by atoms with Gasteiger partial charge in [0.15, 0.2) is 0 Å². The summed E-state index contributed by atoms with van der Waals surface area (Å²) in [6, 6.07) is 0.595. The predicted molar refractivity (Wildman–Crippen MR) is 70.7 cm³/mol. The van der Waals surface area contributed by atoms with E-state index in [0.29, 0.717) is 10.0 Å². The molecule has 2 heterocycles. The standard InChI is InChI=1S/C11H12ClFN2O3S/c1-5-7(3-9(12)19-5)14-10(16)8-2-6(13)4-15(8)11(17)18/h3,6,8H,2,4H2,1H3,(H,14,16)(H,17,18)/t6-,8+/m1/s1. The Labute approximate surface area is 118 Å². The van der Waals surface area contributed by atoms with Gasteiger partial charge in [0.25, 0.3) is 0 Å². The third-order valence-corrected chi connectivity index (χ3v) is 4.12. The topological polar surface area (TPSA) is 69.6 Å². The fourth-order valence-electron chi connectivity index (χ4n) is 2.03. The molecule has 104 valence electrons. The van der Waals surface area contributed by atoms with Gasteiger partial charge in [0, 0.05) is 11.3 Å². The fraction of sp³-hybridized carbons (Fsp3) is 0.455. The number of halogens is 2. The van der Waals surface area contributed by atoms with E-state index in [-0.39, 0.29) is 13.0 Å². The van der Waals surface area contributed by atoms with E-state index in [1.807, 2.05) is 0 Å². The lowest BCUT2D eigenvalue weighted by molar-refractivity contribution is -0.119. The molecule has 1 aliphatic rings. The zero-order chi connectivity index (χ0) is 14.2. The Morgan fingerprint density at radius 2 is 2.32 bits per heavy atom. The summed E-state index contributed by atoms with van der Waals surface area (Å²) in [6.07, 6.45) is -2.71. The first-order chi connectivity index (χ1) is 8.88. The van der Waals surface area contributed by atoms with E-state index in [2.05, 4.69) is 5.32 Å². The summed E-state index contributed by atoms with van der Waals surface area (Å²) in [7, 11) is 0. The zero-order valence-electron chi connectivity index (χ0n) is 10.0. The number of hydrogen-bond acceptors (Lipinski definition) is 3. The average molecular weight is 307 g/mol. The van der Waals surface area contributed by atoms with E-state index in [1.165, 1.54) is 11.3 Å². The van der Waals surface area contributed by atoms with E-state index in [0.717, 1.165) is 9.78 Å². The number of hydrogen-bond donors (Lipinski definition) is 2. The van der Waals surface area contributed by atoms with Gasteiger partial charge in [-0.1, -0.05) is 11.6 Å². The van der Waals surface area contributed by atoms with Crippen LogP contribution in [0.15, 0.2) is 6.07 Å². The Morgan fingerprint density at radius 3 is 2.84 bits per heavy atom. The summed E-state index contributed by atoms with van der Waals surface area (Å²) in [6.45, 7) is 1.52. The molecule has 0 aromatic carbocycles. The second-order valence-electron chi connectivity index (χ2n) is 4.29. The van der Waals surface area contributed by atoms with Crippen molar-refractivity contribution in [3.05, 3.63) is 15.3 Å². The van der Waals surface area contributed by atoms with Crippen LogP contribution in [-0.4, -0.2) is 40.8 Å². The summed E-state index contributed by atoms with van der Waals surface area (Å²) in [4.78, 5) is 24.6. The Balaban J connectivity index is 2.11. The van der Waals surface area contributed by atoms with E-state index in [4.69, 9.17) is 16.7 Å². The Morgan fingerprint density at radius 1 is 1.63 bits per heavy atom. The summed E-state index contributed by atoms with van der Waals surface area (Å²) >= 11 is 7.12. The first kappa shape index (κ1) is 14.1. The van der Waals surface area contributed by atoms with Gasteiger partial charge in [-0.25, -0.2) is 9.18 Å². The van der Waals surface area contributed by atoms with Crippen molar-refractivity contribution in [1.29, 1.82) is 0 Å². The molecule has 0 aliphatic carbocycles. The van der Waals surface area contributed by atoms with Crippen LogP contribution in [0.1, 0.15) is 11.3 Å². The lowest BCUT2D eigenvalue weighted by Crippen LogP contribution is -2.42. The highest BCUT2D eigenvalue weighted by atomic mass is 35.5. The lowest BCUT2D eigenvalue weighted by atomic mass is 10.2. The Bertz CT molecular complexity index is 522. The highest BCUT2D eigenvalue weighted by Gasteiger charge is 2.40. The first-order valence-electron chi connectivity index (χ1n) is 5.59. The molecule has 0 saturated carbocycles. The van der Waals surface area contributed by atoms with Gasteiger partial charge in [-0.05, 0) is 13.0 Å². The molecule has 1 aromatic rings. The molecule has 0 radical (unpaired) electrons. The first-order valence-corrected chi connectivity index (χ1v) is 6.78. The molecule has 8 heteroatoms. The summed E-state index contributed by atoms with van der Waals surface area (Å²) in [5, 5.41) is 11.5. The molecule has 2 N–H and O–H groups in total. The van der Waals surface area contributed by atoms with Crippen LogP contribution in [-0.2, 0) is 4.79 Å². The third kappa shape index (κ3) is 2.98. The molecule has 1 aliphatic heterocycles. The number of nitrogens with zero attached hydrogens (tertiary/aromatic N) is 1. The molecule has 1 fully saturated rings. The van der Waals surface area contributed by atoms with Crippen LogP contribution < -0.4 is 5.32 Å². The quantitative estimate of drug-likeness (QED) is 0.882. The molecule has 1 saturated heterocycles. The van der Waals surface area contributed by atoms with Gasteiger partial charge in [-0.3, -0.25) is 9.69 Å². The Hall–Kier alpha value is -1.34. The summed E-state index contributed by atoms with van der Waals surface area (Å²) in [5.41, 5.74) is 0.535. The van der Waals surface area contributed by atoms with Crippen molar-refractivity contribution in [2.75, 3.05) is 11.9 Å². The largest absolute Gasteiger partial charge is 0.465 e. The van der Waals surface area contributed by atoms with E-state index in [9.17, 15) is 14.0 Å². The van der Waals surface area contributed by atoms with Crippen LogP contribution >= 0.6 is 22.9 Å². The molecule has 5 nitrogen and oxygen atoms in total. The molecule has 19 heavy (non-hydrogen) atoms. The number of aryl methyl sites for hydroxylation is 1. The molecular weight excluding hydrogens is 295 g/mol. The normalized spacial score (nSPS) is 22.6. The van der Waals surface area contributed by atoms with Crippen molar-refractivity contribution in [2.45, 2.75) is 25.6 Å². The fourth-order valence-corrected chi connectivity index (χ4v) is 3.18. The maximum atomic E-state index is 13.3. The van der Waals surface area contributed by atoms with Crippen LogP contribution in [0, 0.1) is 6.92 Å². The van der Waals surface area contributed by atoms with Crippen LogP contribution in [0.2, 0.25) is 4.34 Å². The molecular formula is C11H12ClFN2O3S. The zero-order valence-corrected chi connectivity index (χ0v) is 11.6. The minimum Gasteiger partial charge on any atom is -0.465 e. The van der Waals surface area contributed by atoms with Crippen LogP contribution in [0.3, 0.4) is 0 Å². The molecule has 1 aromatic heterocycles. The minimum absolute atomic E-state index is 0.116. The summed E-state index contributed by atoms with van der Waals surface area (Å²) < 4.78 is 13.8. The number of anilines is 1. The lowest BCUT2D eigenvalue weighted by Gasteiger charge is -2.20. The molecule has 2 atom stereocenters. The maximum Gasteiger partial charge on any atom is 0.408 e. The van der Waals surface area contributed by atoms with Crippen LogP contribution in [0.5, 0.6) is 0 Å². The summed E-state index contributed by atoms with van der Waals surface area (Å²) in [5.74, 6) is -0.528. The van der Waals surface area contributed by atoms with Crippen molar-refractivity contribution in [3.8, 4) is 0 Å². The van der Waals surface area contributed by atoms with Gasteiger partial charge >= 0.3 is 6.09 Å². The maximum absolute atomic E-state index is 13.3. The van der Waals surface area contributed by atoms with Crippen molar-refractivity contribution >= 4 is 40.6 Å². The monoisotopic (exact) mass is 306 g/mol. The van der Waals surface area contributed by atoms with Gasteiger partial charge in [-0.15, -0.1) is 11.3 Å². The minimum atomic E-state index is -1.31. The number of carbonyl (C=O) groups excluding carboxylic acids is 1. The van der Waals surface area contributed by atoms with E-state index < -0.39 is 24.2 Å². The van der Waals surface area contributed by atoms with Crippen molar-refractivity contribution in [3.63, 3.8) is 0 Å². The molecule has 2 amide bonds. The SMILES string of the molecule is Cc1sc(Cl)cc1NC(=O)[C@@H]1C[C@@H](F)CN1C(=O)O. The van der Waals surface area contributed by atoms with E-state index in [1.54, 1.807) is 13.0 Å². The van der Waals surface area contributed by atoms with Crippen molar-refractivity contribution in [1.82, 2.24) is 4.90 Å². The number of carboxylic acid groups (broad SMARTS) is 1. The third-order valence-electron chi connectivity index (χ3n) is 2.94. The average Bonchev–Trinajstić information content (AvgIpc) is 2.83. The number of thiophene rings is 1. The molecule has 0 spiro atoms. The number of carbonyl (C=O) groups is 2. The number of nitrogens with one attached hydrogen (secondary N) is 1. The highest BCUT2D eigenvalue weighted by molar-refractivity contribution is 7.16. The van der Waals surface area contributed by atoms with Gasteiger partial charge in [-0.2, -0.15) is 0 Å². The van der Waals surface area contributed by atoms with Crippen LogP contribution in [0.25, 0.3) is 0 Å². The number of amides is 2. The number of likely N-dealkylation sites (tertiary alicyclic amines) is 1. The van der Waals surface area contributed by atoms with Gasteiger partial charge in [0.2, 0.25) is 5.91 Å². The second-order valence-corrected chi connectivity index (χ2v) is 6.18. The molecule has 0 unspecified atom stereocenters. The van der Waals surface area contributed by atoms with Gasteiger partial charge < -0.3 is 10.4 Å². The Kier molecular flexibility index (Phi) is 3.96. The second kappa shape index (κ2) is 5.34. The van der Waals surface area contributed by atoms with Crippen molar-refractivity contribution < 1.29 is 19.1 Å². The molecule has 2 rings (SSSR count). The number of alkyl halides is 1. The molecule has 0 bridgehead atoms. The van der Waals surface area contributed by atoms with Gasteiger partial charge in [0.1, 0.15) is 12.2 Å². The van der Waals surface area contributed by atoms with Gasteiger partial charge in [0.05, 0.1) is 16.6 Å². The van der Waals surface area contributed by atoms with E-state index >= 15 is 0 Å². The highest BCUT2D eigenvalue weighted by Crippen LogP contribution is 2.31. The smallest absolute Gasteiger partial charge is 0.408 e. The van der Waals surface area contributed by atoms with Crippen LogP contribution in [0.4, 0.5) is 14.9 Å². The predicted octanol–water partition coefficient (Wildman–Crippen LogP) is 2.74.